The number of carbonyl (C=O) groups is 1. The van der Waals surface area contributed by atoms with Crippen molar-refractivity contribution in [3.63, 3.8) is 0 Å². The first-order valence-corrected chi connectivity index (χ1v) is 10.9. The molecule has 2 atom stereocenters. The van der Waals surface area contributed by atoms with Crippen molar-refractivity contribution < 1.29 is 14.0 Å². The van der Waals surface area contributed by atoms with Crippen LogP contribution in [0.25, 0.3) is 0 Å². The van der Waals surface area contributed by atoms with Crippen molar-refractivity contribution in [1.82, 2.24) is 0 Å². The predicted molar refractivity (Wildman–Crippen MR) is 91.9 cm³/mol. The Morgan fingerprint density at radius 3 is 1.86 bits per heavy atom. The number of ether oxygens (including phenoxy) is 1. The monoisotopic (exact) mass is 316 g/mol. The summed E-state index contributed by atoms with van der Waals surface area (Å²) in [5.74, 6) is 0.505. The topological polar surface area (TPSA) is 35.5 Å². The summed E-state index contributed by atoms with van der Waals surface area (Å²) in [5.41, 5.74) is -0.405. The Labute approximate surface area is 132 Å². The standard InChI is InChI=1S/C17H36O3Si/c1-13(11-15(18)20-16(3,4)5)14(2)12-19-21(9,10)17(6,7)8/h13-14H,11-12H2,1-10H3/t13-,14-/m1/s1. The summed E-state index contributed by atoms with van der Waals surface area (Å²) in [7, 11) is -1.71. The molecule has 0 spiro atoms. The summed E-state index contributed by atoms with van der Waals surface area (Å²) in [6.07, 6.45) is 0.458. The fourth-order valence-corrected chi connectivity index (χ4v) is 2.68. The molecule has 0 bridgehead atoms. The van der Waals surface area contributed by atoms with E-state index < -0.39 is 13.9 Å². The predicted octanol–water partition coefficient (Wildman–Crippen LogP) is 5.01. The molecule has 0 N–H and O–H groups in total. The van der Waals surface area contributed by atoms with Gasteiger partial charge in [-0.3, -0.25) is 4.79 Å². The minimum atomic E-state index is -1.71. The molecule has 0 heterocycles. The maximum Gasteiger partial charge on any atom is 0.306 e. The highest BCUT2D eigenvalue weighted by atomic mass is 28.4. The highest BCUT2D eigenvalue weighted by molar-refractivity contribution is 6.74. The fraction of sp³-hybridized carbons (Fsp3) is 0.941. The molecule has 0 aromatic heterocycles. The van der Waals surface area contributed by atoms with Crippen molar-refractivity contribution >= 4 is 14.3 Å². The number of hydrogen-bond acceptors (Lipinski definition) is 3. The average Bonchev–Trinajstić information content (AvgIpc) is 2.21. The summed E-state index contributed by atoms with van der Waals surface area (Å²) in [4.78, 5) is 11.9. The lowest BCUT2D eigenvalue weighted by atomic mass is 9.94. The zero-order chi connectivity index (χ0) is 17.1. The van der Waals surface area contributed by atoms with E-state index in [1.807, 2.05) is 20.8 Å². The van der Waals surface area contributed by atoms with Gasteiger partial charge in [0.05, 0.1) is 0 Å². The maximum atomic E-state index is 11.9. The van der Waals surface area contributed by atoms with Crippen LogP contribution in [0.2, 0.25) is 18.1 Å². The molecule has 126 valence electrons. The van der Waals surface area contributed by atoms with Crippen molar-refractivity contribution in [2.75, 3.05) is 6.61 Å². The molecular weight excluding hydrogens is 280 g/mol. The number of rotatable bonds is 6. The average molecular weight is 317 g/mol. The van der Waals surface area contributed by atoms with E-state index in [0.717, 1.165) is 6.61 Å². The summed E-state index contributed by atoms with van der Waals surface area (Å²) < 4.78 is 11.6. The van der Waals surface area contributed by atoms with Crippen LogP contribution in [0.5, 0.6) is 0 Å². The van der Waals surface area contributed by atoms with Crippen LogP contribution < -0.4 is 0 Å². The molecule has 0 fully saturated rings. The van der Waals surface area contributed by atoms with Gasteiger partial charge in [0, 0.05) is 13.0 Å². The summed E-state index contributed by atoms with van der Waals surface area (Å²) in [5, 5.41) is 0.223. The Morgan fingerprint density at radius 1 is 1.00 bits per heavy atom. The van der Waals surface area contributed by atoms with Gasteiger partial charge in [0.1, 0.15) is 5.60 Å². The molecule has 0 radical (unpaired) electrons. The second kappa shape index (κ2) is 7.27. The first-order valence-electron chi connectivity index (χ1n) is 8.01. The van der Waals surface area contributed by atoms with Gasteiger partial charge in [0.25, 0.3) is 0 Å². The third-order valence-corrected chi connectivity index (χ3v) is 8.89. The van der Waals surface area contributed by atoms with Gasteiger partial charge >= 0.3 is 5.97 Å². The van der Waals surface area contributed by atoms with E-state index in [0.29, 0.717) is 12.3 Å². The molecule has 0 aromatic carbocycles. The van der Waals surface area contributed by atoms with E-state index in [9.17, 15) is 4.79 Å². The smallest absolute Gasteiger partial charge is 0.306 e. The van der Waals surface area contributed by atoms with Crippen molar-refractivity contribution in [2.24, 2.45) is 11.8 Å². The van der Waals surface area contributed by atoms with Gasteiger partial charge in [-0.2, -0.15) is 0 Å². The molecule has 0 aliphatic rings. The Hall–Kier alpha value is -0.353. The highest BCUT2D eigenvalue weighted by Gasteiger charge is 2.37. The van der Waals surface area contributed by atoms with Gasteiger partial charge < -0.3 is 9.16 Å². The number of hydrogen-bond donors (Lipinski definition) is 0. The molecule has 0 saturated carbocycles. The van der Waals surface area contributed by atoms with Crippen molar-refractivity contribution in [3.05, 3.63) is 0 Å². The second-order valence-corrected chi connectivity index (χ2v) is 13.6. The van der Waals surface area contributed by atoms with Gasteiger partial charge in [0.15, 0.2) is 8.32 Å². The molecular formula is C17H36O3Si. The Bertz CT molecular complexity index is 337. The van der Waals surface area contributed by atoms with Crippen molar-refractivity contribution in [1.29, 1.82) is 0 Å². The van der Waals surface area contributed by atoms with Crippen LogP contribution in [-0.4, -0.2) is 26.5 Å². The zero-order valence-electron chi connectivity index (χ0n) is 15.8. The summed E-state index contributed by atoms with van der Waals surface area (Å²) >= 11 is 0. The Balaban J connectivity index is 4.35. The third kappa shape index (κ3) is 8.00. The van der Waals surface area contributed by atoms with Gasteiger partial charge in [-0.25, -0.2) is 0 Å². The van der Waals surface area contributed by atoms with E-state index in [4.69, 9.17) is 9.16 Å². The molecule has 4 heteroatoms. The van der Waals surface area contributed by atoms with E-state index in [2.05, 4.69) is 47.7 Å². The lowest BCUT2D eigenvalue weighted by molar-refractivity contribution is -0.156. The molecule has 0 amide bonds. The molecule has 21 heavy (non-hydrogen) atoms. The van der Waals surface area contributed by atoms with E-state index >= 15 is 0 Å². The van der Waals surface area contributed by atoms with E-state index in [-0.39, 0.29) is 16.9 Å². The Kier molecular flexibility index (Phi) is 7.15. The van der Waals surface area contributed by atoms with Gasteiger partial charge in [-0.05, 0) is 50.7 Å². The van der Waals surface area contributed by atoms with Crippen LogP contribution >= 0.6 is 0 Å². The zero-order valence-corrected chi connectivity index (χ0v) is 16.8. The van der Waals surface area contributed by atoms with Gasteiger partial charge in [0.2, 0.25) is 0 Å². The normalized spacial score (nSPS) is 16.5. The SMILES string of the molecule is C[C@H](CO[Si](C)(C)C(C)(C)C)[C@H](C)CC(=O)OC(C)(C)C. The molecule has 0 unspecified atom stereocenters. The van der Waals surface area contributed by atoms with Crippen LogP contribution in [0.4, 0.5) is 0 Å². The largest absolute Gasteiger partial charge is 0.460 e. The number of esters is 1. The third-order valence-electron chi connectivity index (χ3n) is 4.39. The van der Waals surface area contributed by atoms with E-state index in [1.54, 1.807) is 0 Å². The molecule has 0 aromatic rings. The van der Waals surface area contributed by atoms with E-state index in [1.165, 1.54) is 0 Å². The van der Waals surface area contributed by atoms with Gasteiger partial charge in [-0.15, -0.1) is 0 Å². The van der Waals surface area contributed by atoms with Crippen LogP contribution in [0.15, 0.2) is 0 Å². The fourth-order valence-electron chi connectivity index (χ4n) is 1.57. The minimum absolute atomic E-state index is 0.117. The lowest BCUT2D eigenvalue weighted by Crippen LogP contribution is -2.42. The summed E-state index contributed by atoms with van der Waals surface area (Å²) in [6.45, 7) is 21.9. The lowest BCUT2D eigenvalue weighted by Gasteiger charge is -2.37. The molecule has 3 nitrogen and oxygen atoms in total. The second-order valence-electron chi connectivity index (χ2n) is 8.82. The first-order chi connectivity index (χ1) is 9.16. The molecule has 0 aliphatic heterocycles. The van der Waals surface area contributed by atoms with Crippen LogP contribution in [0.1, 0.15) is 61.8 Å². The van der Waals surface area contributed by atoms with Crippen LogP contribution in [0.3, 0.4) is 0 Å². The van der Waals surface area contributed by atoms with Crippen molar-refractivity contribution in [3.8, 4) is 0 Å². The maximum absolute atomic E-state index is 11.9. The van der Waals surface area contributed by atoms with Crippen LogP contribution in [0, 0.1) is 11.8 Å². The van der Waals surface area contributed by atoms with Crippen LogP contribution in [-0.2, 0) is 14.0 Å². The van der Waals surface area contributed by atoms with Gasteiger partial charge in [-0.1, -0.05) is 34.6 Å². The molecule has 0 saturated heterocycles. The first kappa shape index (κ1) is 20.6. The highest BCUT2D eigenvalue weighted by Crippen LogP contribution is 2.37. The Morgan fingerprint density at radius 2 is 1.48 bits per heavy atom. The quantitative estimate of drug-likeness (QED) is 0.510. The number of carbonyl (C=O) groups excluding carboxylic acids is 1. The molecule has 0 aliphatic carbocycles. The summed E-state index contributed by atoms with van der Waals surface area (Å²) in [6, 6.07) is 0. The molecule has 0 rings (SSSR count). The van der Waals surface area contributed by atoms with Crippen molar-refractivity contribution in [2.45, 2.75) is 85.5 Å². The minimum Gasteiger partial charge on any atom is -0.460 e.